The molecule has 1 atom stereocenters. The molecule has 1 aliphatic carbocycles. The Morgan fingerprint density at radius 2 is 2.12 bits per heavy atom. The summed E-state index contributed by atoms with van der Waals surface area (Å²) in [4.78, 5) is 22.3. The van der Waals surface area contributed by atoms with E-state index in [0.717, 1.165) is 19.3 Å². The lowest BCUT2D eigenvalue weighted by Gasteiger charge is -2.24. The normalized spacial score (nSPS) is 20.8. The summed E-state index contributed by atoms with van der Waals surface area (Å²) in [5.74, 6) is 0.879. The molecule has 1 aromatic heterocycles. The van der Waals surface area contributed by atoms with Gasteiger partial charge in [0.15, 0.2) is 0 Å². The minimum atomic E-state index is -0.489. The van der Waals surface area contributed by atoms with E-state index in [1.165, 1.54) is 6.20 Å². The van der Waals surface area contributed by atoms with Gasteiger partial charge in [0, 0.05) is 19.1 Å². The van der Waals surface area contributed by atoms with E-state index in [2.05, 4.69) is 15.3 Å². The summed E-state index contributed by atoms with van der Waals surface area (Å²) < 4.78 is 11.1. The fourth-order valence-corrected chi connectivity index (χ4v) is 2.54. The molecule has 0 spiro atoms. The maximum absolute atomic E-state index is 12.1. The van der Waals surface area contributed by atoms with Crippen LogP contribution in [0.1, 0.15) is 40.0 Å². The molecule has 1 aliphatic heterocycles. The highest BCUT2D eigenvalue weighted by molar-refractivity contribution is 6.31. The van der Waals surface area contributed by atoms with Gasteiger partial charge in [0.1, 0.15) is 16.7 Å². The van der Waals surface area contributed by atoms with Gasteiger partial charge in [-0.2, -0.15) is 4.98 Å². The van der Waals surface area contributed by atoms with Crippen molar-refractivity contribution in [2.24, 2.45) is 0 Å². The summed E-state index contributed by atoms with van der Waals surface area (Å²) in [5, 5.41) is 3.65. The van der Waals surface area contributed by atoms with E-state index in [-0.39, 0.29) is 18.2 Å². The second-order valence-electron chi connectivity index (χ2n) is 7.22. The first-order chi connectivity index (χ1) is 11.3. The molecule has 24 heavy (non-hydrogen) atoms. The van der Waals surface area contributed by atoms with Crippen LogP contribution in [0.5, 0.6) is 5.88 Å². The number of carbonyl (C=O) groups excluding carboxylic acids is 1. The zero-order valence-corrected chi connectivity index (χ0v) is 15.0. The monoisotopic (exact) mass is 354 g/mol. The summed E-state index contributed by atoms with van der Waals surface area (Å²) in [6, 6.07) is 0.0764. The topological polar surface area (TPSA) is 76.6 Å². The lowest BCUT2D eigenvalue weighted by Crippen LogP contribution is -2.36. The summed E-state index contributed by atoms with van der Waals surface area (Å²) in [5.41, 5.74) is -0.489. The quantitative estimate of drug-likeness (QED) is 0.895. The van der Waals surface area contributed by atoms with E-state index in [0.29, 0.717) is 29.9 Å². The van der Waals surface area contributed by atoms with Crippen molar-refractivity contribution in [3.05, 3.63) is 11.2 Å². The molecule has 8 heteroatoms. The maximum Gasteiger partial charge on any atom is 0.410 e. The number of anilines is 1. The van der Waals surface area contributed by atoms with Crippen LogP contribution in [0, 0.1) is 0 Å². The number of nitrogens with zero attached hydrogens (tertiary/aromatic N) is 3. The van der Waals surface area contributed by atoms with Crippen LogP contribution in [0.25, 0.3) is 0 Å². The standard InChI is InChI=1S/C16H23ClN4O3/c1-16(2,3)24-15(22)21-7-6-10(9-21)19-14-18-8-12(17)13(20-14)23-11-4-5-11/h8,10-11H,4-7,9H2,1-3H3,(H,18,19,20). The molecule has 0 radical (unpaired) electrons. The molecule has 2 aliphatic rings. The molecule has 0 aromatic carbocycles. The molecule has 1 N–H and O–H groups in total. The summed E-state index contributed by atoms with van der Waals surface area (Å²) in [6.07, 6.45) is 4.35. The number of hydrogen-bond donors (Lipinski definition) is 1. The van der Waals surface area contributed by atoms with E-state index in [9.17, 15) is 4.79 Å². The van der Waals surface area contributed by atoms with Crippen molar-refractivity contribution in [3.63, 3.8) is 0 Å². The summed E-state index contributed by atoms with van der Waals surface area (Å²) >= 11 is 6.06. The Hall–Kier alpha value is -1.76. The molecule has 1 amide bonds. The van der Waals surface area contributed by atoms with Crippen molar-refractivity contribution in [1.82, 2.24) is 14.9 Å². The lowest BCUT2D eigenvalue weighted by molar-refractivity contribution is 0.0293. The van der Waals surface area contributed by atoms with E-state index in [1.807, 2.05) is 20.8 Å². The Balaban J connectivity index is 1.56. The third-order valence-electron chi connectivity index (χ3n) is 3.69. The van der Waals surface area contributed by atoms with Gasteiger partial charge in [-0.1, -0.05) is 11.6 Å². The Kier molecular flexibility index (Phi) is 4.71. The van der Waals surface area contributed by atoms with Crippen LogP contribution in [0.15, 0.2) is 6.20 Å². The Morgan fingerprint density at radius 3 is 2.79 bits per heavy atom. The first-order valence-corrected chi connectivity index (χ1v) is 8.61. The minimum absolute atomic E-state index is 0.0764. The first-order valence-electron chi connectivity index (χ1n) is 8.24. The SMILES string of the molecule is CC(C)(C)OC(=O)N1CCC(Nc2ncc(Cl)c(OC3CC3)n2)C1. The number of carbonyl (C=O) groups is 1. The molecular formula is C16H23ClN4O3. The maximum atomic E-state index is 12.1. The molecule has 132 valence electrons. The number of halogens is 1. The minimum Gasteiger partial charge on any atom is -0.473 e. The van der Waals surface area contributed by atoms with Crippen molar-refractivity contribution in [2.45, 2.75) is 57.8 Å². The molecule has 1 saturated carbocycles. The fraction of sp³-hybridized carbons (Fsp3) is 0.688. The lowest BCUT2D eigenvalue weighted by atomic mass is 10.2. The molecule has 7 nitrogen and oxygen atoms in total. The van der Waals surface area contributed by atoms with E-state index >= 15 is 0 Å². The van der Waals surface area contributed by atoms with E-state index < -0.39 is 5.60 Å². The zero-order chi connectivity index (χ0) is 17.3. The Labute approximate surface area is 146 Å². The number of ether oxygens (including phenoxy) is 2. The average Bonchev–Trinajstić information content (AvgIpc) is 3.16. The fourth-order valence-electron chi connectivity index (χ4n) is 2.40. The molecule has 1 saturated heterocycles. The highest BCUT2D eigenvalue weighted by Crippen LogP contribution is 2.30. The van der Waals surface area contributed by atoms with Crippen molar-refractivity contribution in [2.75, 3.05) is 18.4 Å². The molecule has 0 bridgehead atoms. The molecule has 2 heterocycles. The molecule has 3 rings (SSSR count). The van der Waals surface area contributed by atoms with Gasteiger partial charge in [0.05, 0.1) is 6.20 Å². The van der Waals surface area contributed by atoms with E-state index in [1.54, 1.807) is 4.90 Å². The number of likely N-dealkylation sites (tertiary alicyclic amines) is 1. The van der Waals surface area contributed by atoms with Crippen LogP contribution >= 0.6 is 11.6 Å². The van der Waals surface area contributed by atoms with Gasteiger partial charge in [-0.15, -0.1) is 0 Å². The predicted octanol–water partition coefficient (Wildman–Crippen LogP) is 3.09. The van der Waals surface area contributed by atoms with Crippen LogP contribution in [0.3, 0.4) is 0 Å². The van der Waals surface area contributed by atoms with Crippen LogP contribution in [-0.2, 0) is 4.74 Å². The number of amides is 1. The van der Waals surface area contributed by atoms with Gasteiger partial charge in [-0.3, -0.25) is 0 Å². The molecule has 1 unspecified atom stereocenters. The predicted molar refractivity (Wildman–Crippen MR) is 90.5 cm³/mol. The van der Waals surface area contributed by atoms with Crippen LogP contribution in [-0.4, -0.2) is 51.8 Å². The number of nitrogens with one attached hydrogen (secondary N) is 1. The highest BCUT2D eigenvalue weighted by atomic mass is 35.5. The van der Waals surface area contributed by atoms with Crippen LogP contribution in [0.4, 0.5) is 10.7 Å². The third kappa shape index (κ3) is 4.63. The van der Waals surface area contributed by atoms with Crippen LogP contribution in [0.2, 0.25) is 5.02 Å². The van der Waals surface area contributed by atoms with Crippen molar-refractivity contribution >= 4 is 23.6 Å². The van der Waals surface area contributed by atoms with Crippen LogP contribution < -0.4 is 10.1 Å². The first kappa shape index (κ1) is 17.1. The van der Waals surface area contributed by atoms with Gasteiger partial charge in [-0.05, 0) is 40.0 Å². The summed E-state index contributed by atoms with van der Waals surface area (Å²) in [7, 11) is 0. The van der Waals surface area contributed by atoms with E-state index in [4.69, 9.17) is 21.1 Å². The molecular weight excluding hydrogens is 332 g/mol. The molecule has 2 fully saturated rings. The van der Waals surface area contributed by atoms with Gasteiger partial charge >= 0.3 is 6.09 Å². The third-order valence-corrected chi connectivity index (χ3v) is 3.95. The number of aromatic nitrogens is 2. The largest absolute Gasteiger partial charge is 0.473 e. The second kappa shape index (κ2) is 6.63. The summed E-state index contributed by atoms with van der Waals surface area (Å²) in [6.45, 7) is 6.78. The van der Waals surface area contributed by atoms with Gasteiger partial charge in [-0.25, -0.2) is 9.78 Å². The second-order valence-corrected chi connectivity index (χ2v) is 7.63. The zero-order valence-electron chi connectivity index (χ0n) is 14.2. The average molecular weight is 355 g/mol. The highest BCUT2D eigenvalue weighted by Gasteiger charge is 2.30. The van der Waals surface area contributed by atoms with Crippen molar-refractivity contribution in [3.8, 4) is 5.88 Å². The van der Waals surface area contributed by atoms with Gasteiger partial charge in [0.2, 0.25) is 11.8 Å². The van der Waals surface area contributed by atoms with Crippen molar-refractivity contribution < 1.29 is 14.3 Å². The number of hydrogen-bond acceptors (Lipinski definition) is 6. The van der Waals surface area contributed by atoms with Crippen molar-refractivity contribution in [1.29, 1.82) is 0 Å². The smallest absolute Gasteiger partial charge is 0.410 e. The Bertz CT molecular complexity index is 616. The Morgan fingerprint density at radius 1 is 1.38 bits per heavy atom. The number of rotatable bonds is 4. The van der Waals surface area contributed by atoms with Gasteiger partial charge in [0.25, 0.3) is 0 Å². The molecule has 1 aromatic rings. The van der Waals surface area contributed by atoms with Gasteiger partial charge < -0.3 is 19.7 Å².